The number of hydrogen-bond donors (Lipinski definition) is 1. The molecule has 3 rings (SSSR count). The molecule has 0 spiro atoms. The Labute approximate surface area is 123 Å². The second kappa shape index (κ2) is 5.94. The average molecular weight is 279 g/mol. The van der Waals surface area contributed by atoms with Gasteiger partial charge < -0.3 is 9.84 Å². The highest BCUT2D eigenvalue weighted by atomic mass is 16.5. The molecule has 0 aliphatic carbocycles. The SMILES string of the molecule is COc1cnccc1C(O)Cc1cccc2ccccc12. The Hall–Kier alpha value is -2.39. The third-order valence-corrected chi connectivity index (χ3v) is 3.69. The lowest BCUT2D eigenvalue weighted by atomic mass is 9.97. The van der Waals surface area contributed by atoms with E-state index in [0.717, 1.165) is 11.1 Å². The van der Waals surface area contributed by atoms with Crippen molar-refractivity contribution in [2.45, 2.75) is 12.5 Å². The molecule has 1 atom stereocenters. The number of rotatable bonds is 4. The smallest absolute Gasteiger partial charge is 0.142 e. The minimum Gasteiger partial charge on any atom is -0.495 e. The van der Waals surface area contributed by atoms with Gasteiger partial charge in [0, 0.05) is 18.2 Å². The number of methoxy groups -OCH3 is 1. The van der Waals surface area contributed by atoms with Gasteiger partial charge in [0.1, 0.15) is 5.75 Å². The zero-order valence-corrected chi connectivity index (χ0v) is 11.9. The van der Waals surface area contributed by atoms with Gasteiger partial charge in [0.15, 0.2) is 0 Å². The first kappa shape index (κ1) is 13.6. The molecule has 1 aromatic heterocycles. The summed E-state index contributed by atoms with van der Waals surface area (Å²) in [6.45, 7) is 0. The normalized spacial score (nSPS) is 12.3. The summed E-state index contributed by atoms with van der Waals surface area (Å²) < 4.78 is 5.27. The molecule has 3 nitrogen and oxygen atoms in total. The summed E-state index contributed by atoms with van der Waals surface area (Å²) in [5.74, 6) is 0.616. The van der Waals surface area contributed by atoms with Crippen LogP contribution in [0.5, 0.6) is 5.75 Å². The van der Waals surface area contributed by atoms with Crippen LogP contribution in [-0.2, 0) is 6.42 Å². The number of nitrogens with zero attached hydrogens (tertiary/aromatic N) is 1. The van der Waals surface area contributed by atoms with E-state index in [1.165, 1.54) is 10.8 Å². The number of aliphatic hydroxyl groups is 1. The largest absolute Gasteiger partial charge is 0.495 e. The van der Waals surface area contributed by atoms with Gasteiger partial charge in [-0.2, -0.15) is 0 Å². The molecule has 0 bridgehead atoms. The third-order valence-electron chi connectivity index (χ3n) is 3.69. The number of ether oxygens (including phenoxy) is 1. The van der Waals surface area contributed by atoms with Crippen LogP contribution in [0.25, 0.3) is 10.8 Å². The van der Waals surface area contributed by atoms with Crippen molar-refractivity contribution in [3.63, 3.8) is 0 Å². The summed E-state index contributed by atoms with van der Waals surface area (Å²) in [5, 5.41) is 12.9. The number of fused-ring (bicyclic) bond motifs is 1. The first-order valence-corrected chi connectivity index (χ1v) is 6.92. The molecule has 0 aliphatic heterocycles. The Morgan fingerprint density at radius 1 is 1.10 bits per heavy atom. The summed E-state index contributed by atoms with van der Waals surface area (Å²) in [5.41, 5.74) is 1.89. The molecule has 106 valence electrons. The van der Waals surface area contributed by atoms with Crippen molar-refractivity contribution >= 4 is 10.8 Å². The maximum Gasteiger partial charge on any atom is 0.142 e. The predicted molar refractivity (Wildman–Crippen MR) is 83.4 cm³/mol. The standard InChI is InChI=1S/C18H17NO2/c1-21-18-12-19-10-9-16(18)17(20)11-14-7-4-6-13-5-2-3-8-15(13)14/h2-10,12,17,20H,11H2,1H3. The summed E-state index contributed by atoms with van der Waals surface area (Å²) >= 11 is 0. The third kappa shape index (κ3) is 2.73. The van der Waals surface area contributed by atoms with Gasteiger partial charge in [-0.1, -0.05) is 42.5 Å². The van der Waals surface area contributed by atoms with Crippen LogP contribution < -0.4 is 4.74 Å². The molecular weight excluding hydrogens is 262 g/mol. The van der Waals surface area contributed by atoms with Crippen LogP contribution in [0.4, 0.5) is 0 Å². The van der Waals surface area contributed by atoms with Crippen molar-refractivity contribution in [3.05, 3.63) is 72.1 Å². The molecule has 2 aromatic carbocycles. The topological polar surface area (TPSA) is 42.4 Å². The summed E-state index contributed by atoms with van der Waals surface area (Å²) in [7, 11) is 1.59. The molecule has 3 heteroatoms. The van der Waals surface area contributed by atoms with Crippen molar-refractivity contribution in [1.29, 1.82) is 0 Å². The highest BCUT2D eigenvalue weighted by molar-refractivity contribution is 5.85. The van der Waals surface area contributed by atoms with Gasteiger partial charge in [0.25, 0.3) is 0 Å². The Morgan fingerprint density at radius 3 is 2.76 bits per heavy atom. The number of pyridine rings is 1. The van der Waals surface area contributed by atoms with Crippen LogP contribution in [0, 0.1) is 0 Å². The predicted octanol–water partition coefficient (Wildman–Crippen LogP) is 3.52. The van der Waals surface area contributed by atoms with Gasteiger partial charge in [-0.25, -0.2) is 0 Å². The van der Waals surface area contributed by atoms with Crippen LogP contribution in [0.1, 0.15) is 17.2 Å². The number of benzene rings is 2. The molecule has 3 aromatic rings. The molecular formula is C18H17NO2. The van der Waals surface area contributed by atoms with Crippen LogP contribution in [0.2, 0.25) is 0 Å². The molecule has 0 radical (unpaired) electrons. The van der Waals surface area contributed by atoms with E-state index in [-0.39, 0.29) is 0 Å². The van der Waals surface area contributed by atoms with Gasteiger partial charge in [0.2, 0.25) is 0 Å². The zero-order valence-electron chi connectivity index (χ0n) is 11.9. The molecule has 0 amide bonds. The van der Waals surface area contributed by atoms with E-state index in [1.54, 1.807) is 25.6 Å². The van der Waals surface area contributed by atoms with Gasteiger partial charge in [-0.05, 0) is 22.4 Å². The Morgan fingerprint density at radius 2 is 1.90 bits per heavy atom. The minimum atomic E-state index is -0.617. The van der Waals surface area contributed by atoms with Crippen LogP contribution >= 0.6 is 0 Å². The van der Waals surface area contributed by atoms with Gasteiger partial charge in [-0.15, -0.1) is 0 Å². The Bertz CT molecular complexity index is 750. The molecule has 0 aliphatic rings. The van der Waals surface area contributed by atoms with Gasteiger partial charge in [0.05, 0.1) is 19.4 Å². The molecule has 21 heavy (non-hydrogen) atoms. The van der Waals surface area contributed by atoms with Crippen LogP contribution in [0.15, 0.2) is 60.9 Å². The molecule has 1 N–H and O–H groups in total. The first-order valence-electron chi connectivity index (χ1n) is 6.92. The van der Waals surface area contributed by atoms with E-state index in [1.807, 2.05) is 18.2 Å². The van der Waals surface area contributed by atoms with E-state index in [4.69, 9.17) is 4.74 Å². The Kier molecular flexibility index (Phi) is 3.84. The highest BCUT2D eigenvalue weighted by Crippen LogP contribution is 2.29. The van der Waals surface area contributed by atoms with Gasteiger partial charge >= 0.3 is 0 Å². The van der Waals surface area contributed by atoms with E-state index < -0.39 is 6.10 Å². The fourth-order valence-corrected chi connectivity index (χ4v) is 2.63. The molecule has 1 unspecified atom stereocenters. The van der Waals surface area contributed by atoms with Crippen molar-refractivity contribution < 1.29 is 9.84 Å². The highest BCUT2D eigenvalue weighted by Gasteiger charge is 2.15. The summed E-state index contributed by atoms with van der Waals surface area (Å²) in [6.07, 6.45) is 3.22. The fraction of sp³-hybridized carbons (Fsp3) is 0.167. The maximum absolute atomic E-state index is 10.5. The first-order chi connectivity index (χ1) is 10.3. The Balaban J connectivity index is 1.95. The second-order valence-electron chi connectivity index (χ2n) is 4.98. The maximum atomic E-state index is 10.5. The van der Waals surface area contributed by atoms with E-state index in [2.05, 4.69) is 29.2 Å². The summed E-state index contributed by atoms with van der Waals surface area (Å²) in [4.78, 5) is 4.02. The van der Waals surface area contributed by atoms with Crippen molar-refractivity contribution in [2.24, 2.45) is 0 Å². The van der Waals surface area contributed by atoms with E-state index in [0.29, 0.717) is 12.2 Å². The molecule has 0 saturated heterocycles. The fourth-order valence-electron chi connectivity index (χ4n) is 2.63. The van der Waals surface area contributed by atoms with Crippen molar-refractivity contribution in [2.75, 3.05) is 7.11 Å². The monoisotopic (exact) mass is 279 g/mol. The van der Waals surface area contributed by atoms with E-state index >= 15 is 0 Å². The quantitative estimate of drug-likeness (QED) is 0.794. The molecule has 0 saturated carbocycles. The van der Waals surface area contributed by atoms with Crippen LogP contribution in [-0.4, -0.2) is 17.2 Å². The number of aromatic nitrogens is 1. The summed E-state index contributed by atoms with van der Waals surface area (Å²) in [6, 6.07) is 16.2. The van der Waals surface area contributed by atoms with Crippen molar-refractivity contribution in [3.8, 4) is 5.75 Å². The zero-order chi connectivity index (χ0) is 14.7. The van der Waals surface area contributed by atoms with Crippen molar-refractivity contribution in [1.82, 2.24) is 4.98 Å². The van der Waals surface area contributed by atoms with E-state index in [9.17, 15) is 5.11 Å². The number of hydrogen-bond acceptors (Lipinski definition) is 3. The lowest BCUT2D eigenvalue weighted by molar-refractivity contribution is 0.174. The average Bonchev–Trinajstić information content (AvgIpc) is 2.55. The molecule has 1 heterocycles. The second-order valence-corrected chi connectivity index (χ2v) is 4.98. The molecule has 0 fully saturated rings. The van der Waals surface area contributed by atoms with Crippen LogP contribution in [0.3, 0.4) is 0 Å². The van der Waals surface area contributed by atoms with Gasteiger partial charge in [-0.3, -0.25) is 4.98 Å². The lowest BCUT2D eigenvalue weighted by Gasteiger charge is -2.15. The minimum absolute atomic E-state index is 0.543. The number of aliphatic hydroxyl groups excluding tert-OH is 1. The lowest BCUT2D eigenvalue weighted by Crippen LogP contribution is -2.05.